The van der Waals surface area contributed by atoms with Gasteiger partial charge in [-0.3, -0.25) is 5.32 Å². The number of anilines is 1. The number of amides is 1. The van der Waals surface area contributed by atoms with Gasteiger partial charge in [0.05, 0.1) is 0 Å². The maximum Gasteiger partial charge on any atom is 0.412 e. The number of ether oxygens (including phenoxy) is 1. The van der Waals surface area contributed by atoms with Gasteiger partial charge in [0.15, 0.2) is 0 Å². The lowest BCUT2D eigenvalue weighted by molar-refractivity contribution is 0.0636. The molecule has 0 aromatic heterocycles. The highest BCUT2D eigenvalue weighted by atomic mass is 16.6. The Kier molecular flexibility index (Phi) is 5.55. The van der Waals surface area contributed by atoms with Gasteiger partial charge in [0.1, 0.15) is 5.60 Å². The van der Waals surface area contributed by atoms with Gasteiger partial charge >= 0.3 is 6.09 Å². The lowest BCUT2D eigenvalue weighted by Gasteiger charge is -2.20. The predicted octanol–water partition coefficient (Wildman–Crippen LogP) is 3.99. The van der Waals surface area contributed by atoms with E-state index in [1.54, 1.807) is 6.07 Å². The normalized spacial score (nSPS) is 13.2. The molecule has 1 rings (SSSR count). The molecule has 0 spiro atoms. The molecule has 20 heavy (non-hydrogen) atoms. The van der Waals surface area contributed by atoms with E-state index in [4.69, 9.17) is 9.94 Å². The van der Waals surface area contributed by atoms with E-state index in [1.807, 2.05) is 45.9 Å². The second-order valence-electron chi connectivity index (χ2n) is 5.69. The molecule has 0 radical (unpaired) electrons. The second-order valence-corrected chi connectivity index (χ2v) is 5.69. The standard InChI is InChI=1S/C15H22N2O3/c1-11(8-9-16-19)12-6-5-7-13(10-12)17-14(18)20-15(2,3)4/h5-7,9-11,19H,8H2,1-4H3,(H,17,18)/b16-9-. The molecule has 1 amide bonds. The van der Waals surface area contributed by atoms with Crippen LogP contribution < -0.4 is 5.32 Å². The summed E-state index contributed by atoms with van der Waals surface area (Å²) in [6.07, 6.45) is 1.62. The highest BCUT2D eigenvalue weighted by Gasteiger charge is 2.16. The monoisotopic (exact) mass is 278 g/mol. The molecule has 0 saturated heterocycles. The van der Waals surface area contributed by atoms with Crippen LogP contribution in [0.25, 0.3) is 0 Å². The van der Waals surface area contributed by atoms with Crippen LogP contribution >= 0.6 is 0 Å². The Labute approximate surface area is 119 Å². The van der Waals surface area contributed by atoms with Gasteiger partial charge in [-0.2, -0.15) is 0 Å². The Morgan fingerprint density at radius 3 is 2.80 bits per heavy atom. The molecule has 5 heteroatoms. The highest BCUT2D eigenvalue weighted by molar-refractivity contribution is 5.85. The van der Waals surface area contributed by atoms with E-state index in [9.17, 15) is 4.79 Å². The van der Waals surface area contributed by atoms with Crippen LogP contribution in [0.15, 0.2) is 29.4 Å². The summed E-state index contributed by atoms with van der Waals surface area (Å²) in [5.41, 5.74) is 1.22. The van der Waals surface area contributed by atoms with Crippen molar-refractivity contribution in [1.82, 2.24) is 0 Å². The van der Waals surface area contributed by atoms with Gasteiger partial charge in [0.25, 0.3) is 0 Å². The smallest absolute Gasteiger partial charge is 0.412 e. The summed E-state index contributed by atoms with van der Waals surface area (Å²) in [5.74, 6) is 0.200. The van der Waals surface area contributed by atoms with Crippen LogP contribution in [0.3, 0.4) is 0 Å². The minimum Gasteiger partial charge on any atom is -0.444 e. The Morgan fingerprint density at radius 1 is 1.50 bits per heavy atom. The first-order valence-corrected chi connectivity index (χ1v) is 6.57. The third-order valence-electron chi connectivity index (χ3n) is 2.64. The molecule has 0 aliphatic heterocycles. The van der Waals surface area contributed by atoms with Crippen LogP contribution in [-0.2, 0) is 4.74 Å². The van der Waals surface area contributed by atoms with Crippen molar-refractivity contribution in [2.45, 2.75) is 45.6 Å². The van der Waals surface area contributed by atoms with Crippen molar-refractivity contribution in [3.63, 3.8) is 0 Å². The predicted molar refractivity (Wildman–Crippen MR) is 79.6 cm³/mol. The average molecular weight is 278 g/mol. The molecular formula is C15H22N2O3. The molecular weight excluding hydrogens is 256 g/mol. The number of hydrogen-bond donors (Lipinski definition) is 2. The lowest BCUT2D eigenvalue weighted by Crippen LogP contribution is -2.27. The van der Waals surface area contributed by atoms with Crippen LogP contribution in [0.4, 0.5) is 10.5 Å². The van der Waals surface area contributed by atoms with E-state index in [1.165, 1.54) is 6.21 Å². The second kappa shape index (κ2) is 6.93. The van der Waals surface area contributed by atoms with E-state index in [2.05, 4.69) is 10.5 Å². The van der Waals surface area contributed by atoms with E-state index >= 15 is 0 Å². The topological polar surface area (TPSA) is 70.9 Å². The summed E-state index contributed by atoms with van der Waals surface area (Å²) in [4.78, 5) is 11.7. The van der Waals surface area contributed by atoms with Gasteiger partial charge in [-0.05, 0) is 50.8 Å². The van der Waals surface area contributed by atoms with Crippen molar-refractivity contribution in [2.24, 2.45) is 5.16 Å². The largest absolute Gasteiger partial charge is 0.444 e. The zero-order valence-electron chi connectivity index (χ0n) is 12.4. The molecule has 2 N–H and O–H groups in total. The summed E-state index contributed by atoms with van der Waals surface area (Å²) >= 11 is 0. The maximum absolute atomic E-state index is 11.7. The van der Waals surface area contributed by atoms with Crippen molar-refractivity contribution < 1.29 is 14.7 Å². The van der Waals surface area contributed by atoms with Crippen molar-refractivity contribution in [1.29, 1.82) is 0 Å². The van der Waals surface area contributed by atoms with Gasteiger partial charge in [-0.15, -0.1) is 5.16 Å². The van der Waals surface area contributed by atoms with E-state index in [-0.39, 0.29) is 5.92 Å². The van der Waals surface area contributed by atoms with Gasteiger partial charge in [-0.1, -0.05) is 19.1 Å². The van der Waals surface area contributed by atoms with E-state index in [0.29, 0.717) is 12.1 Å². The fourth-order valence-corrected chi connectivity index (χ4v) is 1.69. The van der Waals surface area contributed by atoms with Gasteiger partial charge < -0.3 is 9.94 Å². The number of nitrogens with zero attached hydrogens (tertiary/aromatic N) is 1. The Morgan fingerprint density at radius 2 is 2.20 bits per heavy atom. The first-order valence-electron chi connectivity index (χ1n) is 6.57. The molecule has 1 unspecified atom stereocenters. The maximum atomic E-state index is 11.7. The molecule has 110 valence electrons. The van der Waals surface area contributed by atoms with Crippen LogP contribution in [0.5, 0.6) is 0 Å². The molecule has 0 aliphatic rings. The van der Waals surface area contributed by atoms with Crippen molar-refractivity contribution in [3.8, 4) is 0 Å². The third kappa shape index (κ3) is 5.73. The van der Waals surface area contributed by atoms with Crippen molar-refractivity contribution in [3.05, 3.63) is 29.8 Å². The van der Waals surface area contributed by atoms with E-state index in [0.717, 1.165) is 5.56 Å². The molecule has 0 heterocycles. The fraction of sp³-hybridized carbons (Fsp3) is 0.467. The van der Waals surface area contributed by atoms with Gasteiger partial charge in [0.2, 0.25) is 0 Å². The molecule has 0 saturated carbocycles. The highest BCUT2D eigenvalue weighted by Crippen LogP contribution is 2.21. The quantitative estimate of drug-likeness (QED) is 0.497. The number of benzene rings is 1. The summed E-state index contributed by atoms with van der Waals surface area (Å²) in [7, 11) is 0. The Balaban J connectivity index is 2.71. The molecule has 1 aromatic carbocycles. The molecule has 0 fully saturated rings. The molecule has 5 nitrogen and oxygen atoms in total. The number of nitrogens with one attached hydrogen (secondary N) is 1. The number of oxime groups is 1. The van der Waals surface area contributed by atoms with Gasteiger partial charge in [-0.25, -0.2) is 4.79 Å². The SMILES string of the molecule is CC(C/C=N\O)c1cccc(NC(=O)OC(C)(C)C)c1. The first kappa shape index (κ1) is 16.0. The average Bonchev–Trinajstić information content (AvgIpc) is 2.33. The Hall–Kier alpha value is -2.04. The van der Waals surface area contributed by atoms with Crippen LogP contribution in [-0.4, -0.2) is 23.1 Å². The summed E-state index contributed by atoms with van der Waals surface area (Å²) in [6.45, 7) is 7.48. The lowest BCUT2D eigenvalue weighted by atomic mass is 9.98. The summed E-state index contributed by atoms with van der Waals surface area (Å²) in [5, 5.41) is 14.1. The van der Waals surface area contributed by atoms with Crippen molar-refractivity contribution in [2.75, 3.05) is 5.32 Å². The number of hydrogen-bond acceptors (Lipinski definition) is 4. The summed E-state index contributed by atoms with van der Waals surface area (Å²) in [6, 6.07) is 7.53. The molecule has 0 aliphatic carbocycles. The van der Waals surface area contributed by atoms with Crippen LogP contribution in [0, 0.1) is 0 Å². The third-order valence-corrected chi connectivity index (χ3v) is 2.64. The minimum atomic E-state index is -0.521. The number of carbonyl (C=O) groups is 1. The number of rotatable bonds is 4. The zero-order chi connectivity index (χ0) is 15.2. The van der Waals surface area contributed by atoms with Crippen LogP contribution in [0.2, 0.25) is 0 Å². The molecule has 1 aromatic rings. The van der Waals surface area contributed by atoms with Crippen LogP contribution in [0.1, 0.15) is 45.6 Å². The zero-order valence-corrected chi connectivity index (χ0v) is 12.4. The van der Waals surface area contributed by atoms with Crippen molar-refractivity contribution >= 4 is 18.0 Å². The van der Waals surface area contributed by atoms with Gasteiger partial charge in [0, 0.05) is 11.9 Å². The van der Waals surface area contributed by atoms with E-state index < -0.39 is 11.7 Å². The fourth-order valence-electron chi connectivity index (χ4n) is 1.69. The minimum absolute atomic E-state index is 0.200. The molecule has 0 bridgehead atoms. The molecule has 1 atom stereocenters. The number of carbonyl (C=O) groups excluding carboxylic acids is 1. The summed E-state index contributed by atoms with van der Waals surface area (Å²) < 4.78 is 5.20. The first-order chi connectivity index (χ1) is 9.31. The Bertz CT molecular complexity index is 478.